The molecule has 0 radical (unpaired) electrons. The second kappa shape index (κ2) is 6.36. The molecule has 82 valence electrons. The first-order valence-electron chi connectivity index (χ1n) is 5.44. The van der Waals surface area contributed by atoms with Crippen LogP contribution >= 0.6 is 0 Å². The summed E-state index contributed by atoms with van der Waals surface area (Å²) in [5, 5.41) is 9.22. The van der Waals surface area contributed by atoms with Crippen LogP contribution in [0.4, 0.5) is 0 Å². The van der Waals surface area contributed by atoms with Crippen molar-refractivity contribution in [2.75, 3.05) is 6.61 Å². The summed E-state index contributed by atoms with van der Waals surface area (Å²) in [6, 6.07) is 10.2. The van der Waals surface area contributed by atoms with Crippen molar-refractivity contribution in [2.24, 2.45) is 4.99 Å². The van der Waals surface area contributed by atoms with Crippen molar-refractivity contribution in [1.29, 1.82) is 0 Å². The molecule has 2 heteroatoms. The highest BCUT2D eigenvalue weighted by Gasteiger charge is 2.06. The van der Waals surface area contributed by atoms with Gasteiger partial charge in [-0.1, -0.05) is 37.3 Å². The Morgan fingerprint density at radius 2 is 2.00 bits per heavy atom. The van der Waals surface area contributed by atoms with Gasteiger partial charge in [0.2, 0.25) is 0 Å². The molecule has 1 N–H and O–H groups in total. The van der Waals surface area contributed by atoms with Gasteiger partial charge in [-0.05, 0) is 25.3 Å². The third-order valence-electron chi connectivity index (χ3n) is 2.44. The van der Waals surface area contributed by atoms with Gasteiger partial charge in [0, 0.05) is 5.71 Å². The van der Waals surface area contributed by atoms with Gasteiger partial charge >= 0.3 is 0 Å². The van der Waals surface area contributed by atoms with Gasteiger partial charge in [-0.3, -0.25) is 4.99 Å². The van der Waals surface area contributed by atoms with Crippen molar-refractivity contribution >= 4 is 5.71 Å². The van der Waals surface area contributed by atoms with Crippen molar-refractivity contribution < 1.29 is 5.11 Å². The van der Waals surface area contributed by atoms with Gasteiger partial charge in [0.25, 0.3) is 0 Å². The number of aliphatic hydroxyl groups excluding tert-OH is 1. The monoisotopic (exact) mass is 205 g/mol. The van der Waals surface area contributed by atoms with E-state index in [2.05, 4.69) is 24.0 Å². The van der Waals surface area contributed by atoms with Crippen molar-refractivity contribution in [3.63, 3.8) is 0 Å². The molecule has 1 aromatic carbocycles. The Bertz CT molecular complexity index is 306. The zero-order valence-corrected chi connectivity index (χ0v) is 9.48. The maximum Gasteiger partial charge on any atom is 0.0769 e. The second-order valence-corrected chi connectivity index (χ2v) is 3.74. The van der Waals surface area contributed by atoms with E-state index in [1.165, 1.54) is 5.56 Å². The van der Waals surface area contributed by atoms with Crippen molar-refractivity contribution in [3.05, 3.63) is 35.9 Å². The maximum atomic E-state index is 9.22. The van der Waals surface area contributed by atoms with Crippen LogP contribution in [0.5, 0.6) is 0 Å². The third-order valence-corrected chi connectivity index (χ3v) is 2.44. The Morgan fingerprint density at radius 1 is 1.33 bits per heavy atom. The molecule has 0 amide bonds. The first-order chi connectivity index (χ1) is 7.26. The van der Waals surface area contributed by atoms with Crippen LogP contribution in [0.3, 0.4) is 0 Å². The number of aliphatic hydroxyl groups is 1. The minimum atomic E-state index is 0.00681. The maximum absolute atomic E-state index is 9.22. The molecule has 0 aromatic heterocycles. The SMILES string of the molecule is CCC(C)=NC(CO)Cc1ccccc1. The molecule has 0 aliphatic rings. The van der Waals surface area contributed by atoms with E-state index in [1.807, 2.05) is 25.1 Å². The molecule has 1 unspecified atom stereocenters. The summed E-state index contributed by atoms with van der Waals surface area (Å²) in [7, 11) is 0. The van der Waals surface area contributed by atoms with Crippen LogP contribution < -0.4 is 0 Å². The summed E-state index contributed by atoms with van der Waals surface area (Å²) in [4.78, 5) is 4.48. The Balaban J connectivity index is 2.62. The molecule has 1 rings (SSSR count). The van der Waals surface area contributed by atoms with Gasteiger partial charge in [-0.25, -0.2) is 0 Å². The second-order valence-electron chi connectivity index (χ2n) is 3.74. The zero-order valence-electron chi connectivity index (χ0n) is 9.48. The molecule has 0 bridgehead atoms. The predicted molar refractivity (Wildman–Crippen MR) is 64.4 cm³/mol. The topological polar surface area (TPSA) is 32.6 Å². The minimum absolute atomic E-state index is 0.00681. The van der Waals surface area contributed by atoms with E-state index in [0.29, 0.717) is 0 Å². The van der Waals surface area contributed by atoms with Crippen LogP contribution in [-0.4, -0.2) is 23.5 Å². The number of benzene rings is 1. The normalized spacial score (nSPS) is 13.9. The lowest BCUT2D eigenvalue weighted by Crippen LogP contribution is -2.15. The Hall–Kier alpha value is -1.15. The molecule has 1 atom stereocenters. The van der Waals surface area contributed by atoms with Crippen molar-refractivity contribution in [2.45, 2.75) is 32.7 Å². The van der Waals surface area contributed by atoms with Crippen molar-refractivity contribution in [3.8, 4) is 0 Å². The summed E-state index contributed by atoms with van der Waals surface area (Å²) in [6.07, 6.45) is 1.76. The van der Waals surface area contributed by atoms with Crippen LogP contribution in [0.1, 0.15) is 25.8 Å². The first-order valence-corrected chi connectivity index (χ1v) is 5.44. The van der Waals surface area contributed by atoms with Crippen LogP contribution in [0, 0.1) is 0 Å². The molecule has 2 nitrogen and oxygen atoms in total. The smallest absolute Gasteiger partial charge is 0.0769 e. The Morgan fingerprint density at radius 3 is 2.53 bits per heavy atom. The van der Waals surface area contributed by atoms with Gasteiger partial charge in [0.15, 0.2) is 0 Å². The lowest BCUT2D eigenvalue weighted by Gasteiger charge is -2.10. The van der Waals surface area contributed by atoms with Gasteiger partial charge in [0.05, 0.1) is 12.6 Å². The number of hydrogen-bond acceptors (Lipinski definition) is 2. The molecule has 0 saturated carbocycles. The van der Waals surface area contributed by atoms with E-state index in [-0.39, 0.29) is 12.6 Å². The highest BCUT2D eigenvalue weighted by atomic mass is 16.3. The lowest BCUT2D eigenvalue weighted by molar-refractivity contribution is 0.266. The van der Waals surface area contributed by atoms with Crippen LogP contribution in [0.25, 0.3) is 0 Å². The molecule has 0 aliphatic heterocycles. The summed E-state index contributed by atoms with van der Waals surface area (Å²) in [6.45, 7) is 4.20. The summed E-state index contributed by atoms with van der Waals surface area (Å²) >= 11 is 0. The van der Waals surface area contributed by atoms with Crippen LogP contribution in [-0.2, 0) is 6.42 Å². The fourth-order valence-corrected chi connectivity index (χ4v) is 1.44. The highest BCUT2D eigenvalue weighted by Crippen LogP contribution is 2.06. The quantitative estimate of drug-likeness (QED) is 0.736. The van der Waals surface area contributed by atoms with Gasteiger partial charge in [0.1, 0.15) is 0 Å². The lowest BCUT2D eigenvalue weighted by atomic mass is 10.1. The first kappa shape index (κ1) is 11.9. The fraction of sp³-hybridized carbons (Fsp3) is 0.462. The Kier molecular flexibility index (Phi) is 5.05. The highest BCUT2D eigenvalue weighted by molar-refractivity contribution is 5.81. The predicted octanol–water partition coefficient (Wildman–Crippen LogP) is 2.46. The molecule has 0 spiro atoms. The molecule has 1 aromatic rings. The third kappa shape index (κ3) is 4.26. The number of nitrogens with zero attached hydrogens (tertiary/aromatic N) is 1. The standard InChI is InChI=1S/C13H19NO/c1-3-11(2)14-13(10-15)9-12-7-5-4-6-8-12/h4-8,13,15H,3,9-10H2,1-2H3. The molecular weight excluding hydrogens is 186 g/mol. The average Bonchev–Trinajstić information content (AvgIpc) is 2.29. The summed E-state index contributed by atoms with van der Waals surface area (Å²) in [5.41, 5.74) is 2.33. The van der Waals surface area contributed by atoms with Gasteiger partial charge in [-0.2, -0.15) is 0 Å². The molecular formula is C13H19NO. The fourth-order valence-electron chi connectivity index (χ4n) is 1.44. The number of hydrogen-bond donors (Lipinski definition) is 1. The van der Waals surface area contributed by atoms with E-state index in [1.54, 1.807) is 0 Å². The molecule has 15 heavy (non-hydrogen) atoms. The Labute approximate surface area is 91.7 Å². The molecule has 0 fully saturated rings. The zero-order chi connectivity index (χ0) is 11.1. The summed E-state index contributed by atoms with van der Waals surface area (Å²) in [5.74, 6) is 0. The number of rotatable bonds is 5. The summed E-state index contributed by atoms with van der Waals surface area (Å²) < 4.78 is 0. The number of aliphatic imine (C=N–C) groups is 1. The largest absolute Gasteiger partial charge is 0.394 e. The van der Waals surface area contributed by atoms with E-state index >= 15 is 0 Å². The van der Waals surface area contributed by atoms with E-state index in [9.17, 15) is 5.11 Å². The average molecular weight is 205 g/mol. The minimum Gasteiger partial charge on any atom is -0.394 e. The van der Waals surface area contributed by atoms with Crippen LogP contribution in [0.2, 0.25) is 0 Å². The van der Waals surface area contributed by atoms with Gasteiger partial charge in [-0.15, -0.1) is 0 Å². The van der Waals surface area contributed by atoms with E-state index in [4.69, 9.17) is 0 Å². The van der Waals surface area contributed by atoms with Gasteiger partial charge < -0.3 is 5.11 Å². The van der Waals surface area contributed by atoms with Crippen molar-refractivity contribution in [1.82, 2.24) is 0 Å². The molecule has 0 heterocycles. The van der Waals surface area contributed by atoms with Crippen LogP contribution in [0.15, 0.2) is 35.3 Å². The molecule has 0 aliphatic carbocycles. The van der Waals surface area contributed by atoms with E-state index in [0.717, 1.165) is 18.6 Å². The molecule has 0 saturated heterocycles. The van der Waals surface area contributed by atoms with E-state index < -0.39 is 0 Å².